The number of carbonyl (C=O) groups is 1. The molecule has 1 aromatic rings. The zero-order valence-corrected chi connectivity index (χ0v) is 8.96. The Balaban J connectivity index is 3.28. The van der Waals surface area contributed by atoms with Crippen molar-refractivity contribution >= 4 is 17.6 Å². The van der Waals surface area contributed by atoms with Gasteiger partial charge in [-0.15, -0.1) is 0 Å². The highest BCUT2D eigenvalue weighted by atomic mass is 35.5. The number of carboxylic acids is 1. The molecule has 0 aliphatic rings. The van der Waals surface area contributed by atoms with Gasteiger partial charge in [-0.1, -0.05) is 11.6 Å². The molecule has 1 heterocycles. The van der Waals surface area contributed by atoms with Crippen molar-refractivity contribution in [2.45, 2.75) is 12.8 Å². The first-order chi connectivity index (χ1) is 7.47. The first kappa shape index (κ1) is 12.6. The number of aliphatic carboxylic acids is 1. The topological polar surface area (TPSA) is 59.4 Å². The minimum atomic E-state index is -2.81. The van der Waals surface area contributed by atoms with Crippen LogP contribution >= 0.6 is 11.6 Å². The number of halogens is 3. The van der Waals surface area contributed by atoms with Gasteiger partial charge in [0.1, 0.15) is 0 Å². The van der Waals surface area contributed by atoms with Crippen LogP contribution in [-0.2, 0) is 11.2 Å². The summed E-state index contributed by atoms with van der Waals surface area (Å²) >= 11 is 5.67. The monoisotopic (exact) mass is 251 g/mol. The van der Waals surface area contributed by atoms with Gasteiger partial charge in [-0.05, 0) is 0 Å². The maximum absolute atomic E-state index is 12.5. The molecule has 1 aromatic heterocycles. The smallest absolute Gasteiger partial charge is 0.308 e. The number of nitrogens with zero attached hydrogens (tertiary/aromatic N) is 1. The predicted octanol–water partition coefficient (Wildman–Crippen LogP) is 2.31. The third-order valence-corrected chi connectivity index (χ3v) is 2.30. The van der Waals surface area contributed by atoms with E-state index < -0.39 is 24.4 Å². The number of hydrogen-bond donors (Lipinski definition) is 1. The molecule has 0 fully saturated rings. The summed E-state index contributed by atoms with van der Waals surface area (Å²) in [5, 5.41) is 8.30. The minimum absolute atomic E-state index is 0.0468. The standard InChI is InChI=1S/C9H8ClF2NO3/c1-16-9-4(2-6(14)15)7(10)5(3-13-9)8(11)12/h3,8H,2H2,1H3,(H,14,15). The van der Waals surface area contributed by atoms with Crippen molar-refractivity contribution in [3.05, 3.63) is 22.3 Å². The molecule has 0 bridgehead atoms. The van der Waals surface area contributed by atoms with E-state index in [4.69, 9.17) is 21.4 Å². The van der Waals surface area contributed by atoms with Gasteiger partial charge in [0, 0.05) is 11.8 Å². The molecular formula is C9H8ClF2NO3. The number of methoxy groups -OCH3 is 1. The predicted molar refractivity (Wildman–Crippen MR) is 52.1 cm³/mol. The molecule has 0 aliphatic carbocycles. The molecule has 4 nitrogen and oxygen atoms in total. The summed E-state index contributed by atoms with van der Waals surface area (Å²) in [5.74, 6) is -1.26. The molecule has 0 atom stereocenters. The summed E-state index contributed by atoms with van der Waals surface area (Å²) in [6.45, 7) is 0. The summed E-state index contributed by atoms with van der Waals surface area (Å²) in [4.78, 5) is 14.1. The molecule has 16 heavy (non-hydrogen) atoms. The van der Waals surface area contributed by atoms with Crippen molar-refractivity contribution < 1.29 is 23.4 Å². The van der Waals surface area contributed by atoms with Crippen LogP contribution in [-0.4, -0.2) is 23.2 Å². The fourth-order valence-corrected chi connectivity index (χ4v) is 1.44. The van der Waals surface area contributed by atoms with Gasteiger partial charge in [0.25, 0.3) is 6.43 Å². The van der Waals surface area contributed by atoms with E-state index >= 15 is 0 Å². The van der Waals surface area contributed by atoms with Crippen molar-refractivity contribution in [1.29, 1.82) is 0 Å². The van der Waals surface area contributed by atoms with Crippen molar-refractivity contribution in [3.63, 3.8) is 0 Å². The second-order valence-electron chi connectivity index (χ2n) is 2.89. The molecule has 1 N–H and O–H groups in total. The maximum Gasteiger partial charge on any atom is 0.308 e. The zero-order valence-electron chi connectivity index (χ0n) is 8.21. The second-order valence-corrected chi connectivity index (χ2v) is 3.26. The SMILES string of the molecule is COc1ncc(C(F)F)c(Cl)c1CC(=O)O. The fraction of sp³-hybridized carbons (Fsp3) is 0.333. The molecule has 0 aliphatic heterocycles. The zero-order chi connectivity index (χ0) is 12.3. The normalized spacial score (nSPS) is 10.6. The summed E-state index contributed by atoms with van der Waals surface area (Å²) < 4.78 is 29.7. The number of rotatable bonds is 4. The highest BCUT2D eigenvalue weighted by Crippen LogP contribution is 2.33. The molecule has 88 valence electrons. The van der Waals surface area contributed by atoms with E-state index in [1.165, 1.54) is 7.11 Å². The first-order valence-corrected chi connectivity index (χ1v) is 4.56. The highest BCUT2D eigenvalue weighted by molar-refractivity contribution is 6.32. The lowest BCUT2D eigenvalue weighted by atomic mass is 10.1. The average Bonchev–Trinajstić information content (AvgIpc) is 2.19. The molecule has 0 saturated heterocycles. The third-order valence-electron chi connectivity index (χ3n) is 1.85. The van der Waals surface area contributed by atoms with E-state index in [9.17, 15) is 13.6 Å². The molecule has 0 spiro atoms. The number of alkyl halides is 2. The van der Waals surface area contributed by atoms with E-state index in [1.807, 2.05) is 0 Å². The van der Waals surface area contributed by atoms with Gasteiger partial charge in [-0.3, -0.25) is 4.79 Å². The lowest BCUT2D eigenvalue weighted by Gasteiger charge is -2.10. The van der Waals surface area contributed by atoms with Gasteiger partial charge in [0.2, 0.25) is 5.88 Å². The van der Waals surface area contributed by atoms with E-state index in [2.05, 4.69) is 4.98 Å². The molecule has 0 saturated carbocycles. The summed E-state index contributed by atoms with van der Waals surface area (Å²) in [6.07, 6.45) is -2.45. The van der Waals surface area contributed by atoms with Crippen LogP contribution in [0.3, 0.4) is 0 Å². The quantitative estimate of drug-likeness (QED) is 0.892. The van der Waals surface area contributed by atoms with E-state index in [-0.39, 0.29) is 16.5 Å². The van der Waals surface area contributed by atoms with Gasteiger partial charge < -0.3 is 9.84 Å². The van der Waals surface area contributed by atoms with Crippen LogP contribution in [0.2, 0.25) is 5.02 Å². The van der Waals surface area contributed by atoms with Crippen molar-refractivity contribution in [2.24, 2.45) is 0 Å². The Labute approximate surface area is 94.8 Å². The van der Waals surface area contributed by atoms with E-state index in [1.54, 1.807) is 0 Å². The van der Waals surface area contributed by atoms with Crippen LogP contribution in [0.25, 0.3) is 0 Å². The third kappa shape index (κ3) is 2.57. The van der Waals surface area contributed by atoms with Crippen LogP contribution in [0.1, 0.15) is 17.6 Å². The highest BCUT2D eigenvalue weighted by Gasteiger charge is 2.21. The van der Waals surface area contributed by atoms with Gasteiger partial charge in [0.15, 0.2) is 0 Å². The number of ether oxygens (including phenoxy) is 1. The summed E-state index contributed by atoms with van der Waals surface area (Å²) in [6, 6.07) is 0. The van der Waals surface area contributed by atoms with Crippen LogP contribution in [0.15, 0.2) is 6.20 Å². The average molecular weight is 252 g/mol. The number of pyridine rings is 1. The second kappa shape index (κ2) is 5.07. The van der Waals surface area contributed by atoms with Crippen molar-refractivity contribution in [2.75, 3.05) is 7.11 Å². The Kier molecular flexibility index (Phi) is 4.00. The Morgan fingerprint density at radius 2 is 2.31 bits per heavy atom. The molecule has 0 aromatic carbocycles. The van der Waals surface area contributed by atoms with Crippen molar-refractivity contribution in [3.8, 4) is 5.88 Å². The van der Waals surface area contributed by atoms with Crippen LogP contribution in [0.4, 0.5) is 8.78 Å². The van der Waals surface area contributed by atoms with Crippen LogP contribution in [0.5, 0.6) is 5.88 Å². The Bertz CT molecular complexity index is 412. The van der Waals surface area contributed by atoms with E-state index in [0.717, 1.165) is 6.20 Å². The van der Waals surface area contributed by atoms with Crippen LogP contribution in [0, 0.1) is 0 Å². The molecule has 0 radical (unpaired) electrons. The Morgan fingerprint density at radius 3 is 2.75 bits per heavy atom. The van der Waals surface area contributed by atoms with Gasteiger partial charge in [-0.25, -0.2) is 13.8 Å². The van der Waals surface area contributed by atoms with Gasteiger partial charge >= 0.3 is 5.97 Å². The Hall–Kier alpha value is -1.43. The minimum Gasteiger partial charge on any atom is -0.481 e. The maximum atomic E-state index is 12.5. The first-order valence-electron chi connectivity index (χ1n) is 4.18. The largest absolute Gasteiger partial charge is 0.481 e. The van der Waals surface area contributed by atoms with E-state index in [0.29, 0.717) is 0 Å². The summed E-state index contributed by atoms with van der Waals surface area (Å²) in [5.41, 5.74) is -0.548. The molecule has 7 heteroatoms. The Morgan fingerprint density at radius 1 is 1.69 bits per heavy atom. The molecule has 0 unspecified atom stereocenters. The molecule has 0 amide bonds. The lowest BCUT2D eigenvalue weighted by Crippen LogP contribution is -2.06. The molecule has 1 rings (SSSR count). The number of hydrogen-bond acceptors (Lipinski definition) is 3. The summed E-state index contributed by atoms with van der Waals surface area (Å²) in [7, 11) is 1.26. The van der Waals surface area contributed by atoms with Gasteiger partial charge in [-0.2, -0.15) is 0 Å². The van der Waals surface area contributed by atoms with Crippen LogP contribution < -0.4 is 4.74 Å². The number of carboxylic acid groups (broad SMARTS) is 1. The molecular weight excluding hydrogens is 244 g/mol. The fourth-order valence-electron chi connectivity index (χ4n) is 1.16. The lowest BCUT2D eigenvalue weighted by molar-refractivity contribution is -0.136. The number of aromatic nitrogens is 1. The van der Waals surface area contributed by atoms with Gasteiger partial charge in [0.05, 0.1) is 24.1 Å². The van der Waals surface area contributed by atoms with Crippen molar-refractivity contribution in [1.82, 2.24) is 4.98 Å².